The van der Waals surface area contributed by atoms with Crippen LogP contribution >= 0.6 is 0 Å². The van der Waals surface area contributed by atoms with E-state index in [-0.39, 0.29) is 11.8 Å². The van der Waals surface area contributed by atoms with Gasteiger partial charge in [-0.3, -0.25) is 14.5 Å². The van der Waals surface area contributed by atoms with Crippen molar-refractivity contribution in [3.63, 3.8) is 0 Å². The van der Waals surface area contributed by atoms with E-state index in [2.05, 4.69) is 9.80 Å². The third-order valence-corrected chi connectivity index (χ3v) is 6.14. The van der Waals surface area contributed by atoms with Gasteiger partial charge in [-0.25, -0.2) is 0 Å². The maximum atomic E-state index is 12.9. The van der Waals surface area contributed by atoms with Crippen molar-refractivity contribution >= 4 is 11.8 Å². The van der Waals surface area contributed by atoms with Gasteiger partial charge in [0.1, 0.15) is 0 Å². The normalized spacial score (nSPS) is 32.5. The van der Waals surface area contributed by atoms with E-state index in [1.54, 1.807) is 0 Å². The first kappa shape index (κ1) is 15.4. The minimum absolute atomic E-state index is 0.0452. The molecule has 128 valence electrons. The molecule has 0 aromatic carbocycles. The van der Waals surface area contributed by atoms with Crippen LogP contribution in [0.1, 0.15) is 44.9 Å². The van der Waals surface area contributed by atoms with Gasteiger partial charge in [-0.1, -0.05) is 0 Å². The maximum Gasteiger partial charge on any atom is 0.227 e. The molecule has 3 aliphatic heterocycles. The highest BCUT2D eigenvalue weighted by Gasteiger charge is 2.39. The number of likely N-dealkylation sites (tertiary alicyclic amines) is 3. The van der Waals surface area contributed by atoms with Crippen LogP contribution in [0.15, 0.2) is 0 Å². The number of hydrogen-bond donors (Lipinski definition) is 0. The van der Waals surface area contributed by atoms with Crippen molar-refractivity contribution in [2.24, 2.45) is 11.8 Å². The molecule has 4 fully saturated rings. The van der Waals surface area contributed by atoms with Crippen molar-refractivity contribution in [3.05, 3.63) is 0 Å². The summed E-state index contributed by atoms with van der Waals surface area (Å²) in [4.78, 5) is 31.8. The summed E-state index contributed by atoms with van der Waals surface area (Å²) in [6.07, 6.45) is 7.80. The molecule has 0 aromatic heterocycles. The van der Waals surface area contributed by atoms with Gasteiger partial charge in [0.2, 0.25) is 11.8 Å². The predicted molar refractivity (Wildman–Crippen MR) is 87.8 cm³/mol. The first-order valence-electron chi connectivity index (χ1n) is 9.54. The quantitative estimate of drug-likeness (QED) is 0.788. The van der Waals surface area contributed by atoms with Gasteiger partial charge in [0, 0.05) is 38.1 Å². The van der Waals surface area contributed by atoms with Crippen LogP contribution < -0.4 is 0 Å². The first-order valence-corrected chi connectivity index (χ1v) is 9.54. The lowest BCUT2D eigenvalue weighted by molar-refractivity contribution is -0.140. The Balaban J connectivity index is 1.32. The van der Waals surface area contributed by atoms with Crippen molar-refractivity contribution in [1.82, 2.24) is 14.7 Å². The fourth-order valence-electron chi connectivity index (χ4n) is 4.57. The molecular formula is C18H29N3O2. The SMILES string of the molecule is O=C(C1CC1)N1CCC[C@@H](C(=O)N2CC[C@@H](N3CCCC3)C2)C1. The van der Waals surface area contributed by atoms with Crippen LogP contribution in [0.3, 0.4) is 0 Å². The second kappa shape index (κ2) is 6.42. The van der Waals surface area contributed by atoms with Crippen LogP contribution in [-0.4, -0.2) is 71.8 Å². The highest BCUT2D eigenvalue weighted by atomic mass is 16.2. The zero-order chi connectivity index (χ0) is 15.8. The summed E-state index contributed by atoms with van der Waals surface area (Å²) in [5, 5.41) is 0. The third-order valence-electron chi connectivity index (χ3n) is 6.14. The highest BCUT2D eigenvalue weighted by molar-refractivity contribution is 5.83. The average Bonchev–Trinajstić information content (AvgIpc) is 3.09. The van der Waals surface area contributed by atoms with Crippen molar-refractivity contribution in [2.45, 2.75) is 51.0 Å². The molecule has 23 heavy (non-hydrogen) atoms. The Morgan fingerprint density at radius 2 is 1.35 bits per heavy atom. The van der Waals surface area contributed by atoms with E-state index in [9.17, 15) is 9.59 Å². The molecule has 3 saturated heterocycles. The lowest BCUT2D eigenvalue weighted by atomic mass is 9.96. The van der Waals surface area contributed by atoms with Gasteiger partial charge in [-0.2, -0.15) is 0 Å². The van der Waals surface area contributed by atoms with E-state index in [1.165, 1.54) is 25.9 Å². The molecule has 2 amide bonds. The Bertz CT molecular complexity index is 471. The smallest absolute Gasteiger partial charge is 0.227 e. The molecule has 1 saturated carbocycles. The number of amides is 2. The Morgan fingerprint density at radius 1 is 0.652 bits per heavy atom. The average molecular weight is 319 g/mol. The summed E-state index contributed by atoms with van der Waals surface area (Å²) in [7, 11) is 0. The van der Waals surface area contributed by atoms with Gasteiger partial charge >= 0.3 is 0 Å². The van der Waals surface area contributed by atoms with E-state index >= 15 is 0 Å². The molecule has 0 spiro atoms. The van der Waals surface area contributed by atoms with E-state index < -0.39 is 0 Å². The standard InChI is InChI=1S/C18H29N3O2/c22-17(14-5-6-14)20-10-3-4-15(12-20)18(23)21-11-7-16(13-21)19-8-1-2-9-19/h14-16H,1-13H2/t15-,16-/m1/s1. The first-order chi connectivity index (χ1) is 11.2. The van der Waals surface area contributed by atoms with Gasteiger partial charge < -0.3 is 9.80 Å². The number of carbonyl (C=O) groups is 2. The Morgan fingerprint density at radius 3 is 2.09 bits per heavy atom. The van der Waals surface area contributed by atoms with E-state index in [1.807, 2.05) is 4.90 Å². The van der Waals surface area contributed by atoms with E-state index in [4.69, 9.17) is 0 Å². The van der Waals surface area contributed by atoms with Crippen molar-refractivity contribution in [3.8, 4) is 0 Å². The fraction of sp³-hybridized carbons (Fsp3) is 0.889. The number of carbonyl (C=O) groups excluding carboxylic acids is 2. The van der Waals surface area contributed by atoms with Gasteiger partial charge in [0.05, 0.1) is 5.92 Å². The molecule has 1 aliphatic carbocycles. The second-order valence-electron chi connectivity index (χ2n) is 7.87. The predicted octanol–water partition coefficient (Wildman–Crippen LogP) is 1.33. The van der Waals surface area contributed by atoms with Gasteiger partial charge in [-0.05, 0) is 58.0 Å². The van der Waals surface area contributed by atoms with E-state index in [0.29, 0.717) is 24.4 Å². The zero-order valence-corrected chi connectivity index (χ0v) is 14.1. The van der Waals surface area contributed by atoms with Gasteiger partial charge in [0.15, 0.2) is 0 Å². The van der Waals surface area contributed by atoms with Crippen LogP contribution in [0, 0.1) is 11.8 Å². The molecule has 0 aromatic rings. The molecule has 0 bridgehead atoms. The molecule has 5 nitrogen and oxygen atoms in total. The molecule has 2 atom stereocenters. The Labute approximate surface area is 139 Å². The van der Waals surface area contributed by atoms with Crippen molar-refractivity contribution in [2.75, 3.05) is 39.3 Å². The van der Waals surface area contributed by atoms with Crippen LogP contribution in [0.4, 0.5) is 0 Å². The molecule has 5 heteroatoms. The molecule has 0 N–H and O–H groups in total. The number of rotatable bonds is 3. The third kappa shape index (κ3) is 3.25. The summed E-state index contributed by atoms with van der Waals surface area (Å²) in [6, 6.07) is 0.578. The molecular weight excluding hydrogens is 290 g/mol. The second-order valence-corrected chi connectivity index (χ2v) is 7.87. The van der Waals surface area contributed by atoms with Crippen LogP contribution in [0.25, 0.3) is 0 Å². The molecule has 4 aliphatic rings. The summed E-state index contributed by atoms with van der Waals surface area (Å²) in [5.41, 5.74) is 0. The molecule has 4 rings (SSSR count). The zero-order valence-electron chi connectivity index (χ0n) is 14.1. The minimum Gasteiger partial charge on any atom is -0.342 e. The van der Waals surface area contributed by atoms with E-state index in [0.717, 1.165) is 51.7 Å². The maximum absolute atomic E-state index is 12.9. The summed E-state index contributed by atoms with van der Waals surface area (Å²) in [5.74, 6) is 0.929. The minimum atomic E-state index is 0.0452. The largest absolute Gasteiger partial charge is 0.342 e. The Kier molecular flexibility index (Phi) is 4.31. The van der Waals surface area contributed by atoms with Crippen LogP contribution in [0.2, 0.25) is 0 Å². The summed E-state index contributed by atoms with van der Waals surface area (Å²) >= 11 is 0. The lowest BCUT2D eigenvalue weighted by Crippen LogP contribution is -2.47. The molecule has 0 radical (unpaired) electrons. The number of nitrogens with zero attached hydrogens (tertiary/aromatic N) is 3. The Hall–Kier alpha value is -1.10. The number of piperidine rings is 1. The van der Waals surface area contributed by atoms with Crippen LogP contribution in [0.5, 0.6) is 0 Å². The molecule has 0 unspecified atom stereocenters. The monoisotopic (exact) mass is 319 g/mol. The van der Waals surface area contributed by atoms with Crippen LogP contribution in [-0.2, 0) is 9.59 Å². The lowest BCUT2D eigenvalue weighted by Gasteiger charge is -2.34. The topological polar surface area (TPSA) is 43.9 Å². The molecule has 3 heterocycles. The number of hydrogen-bond acceptors (Lipinski definition) is 3. The van der Waals surface area contributed by atoms with Crippen molar-refractivity contribution < 1.29 is 9.59 Å². The summed E-state index contributed by atoms with van der Waals surface area (Å²) in [6.45, 7) is 5.76. The van der Waals surface area contributed by atoms with Gasteiger partial charge in [-0.15, -0.1) is 0 Å². The van der Waals surface area contributed by atoms with Crippen molar-refractivity contribution in [1.29, 1.82) is 0 Å². The van der Waals surface area contributed by atoms with Gasteiger partial charge in [0.25, 0.3) is 0 Å². The fourth-order valence-corrected chi connectivity index (χ4v) is 4.57. The highest BCUT2D eigenvalue weighted by Crippen LogP contribution is 2.33. The summed E-state index contributed by atoms with van der Waals surface area (Å²) < 4.78 is 0.